The van der Waals surface area contributed by atoms with Gasteiger partial charge in [0.15, 0.2) is 0 Å². The molecule has 25 heavy (non-hydrogen) atoms. The van der Waals surface area contributed by atoms with E-state index in [1.165, 1.54) is 25.7 Å². The number of alkyl halides is 3. The Hall–Kier alpha value is -0.840. The van der Waals surface area contributed by atoms with E-state index in [1.807, 2.05) is 25.1 Å². The molecule has 0 radical (unpaired) electrons. The van der Waals surface area contributed by atoms with Crippen molar-refractivity contribution in [2.75, 3.05) is 0 Å². The summed E-state index contributed by atoms with van der Waals surface area (Å²) in [5, 5.41) is 5.62. The molecular formula is C18H23Cl3N2O2. The highest BCUT2D eigenvalue weighted by atomic mass is 35.6. The fourth-order valence-electron chi connectivity index (χ4n) is 4.19. The number of urea groups is 1. The summed E-state index contributed by atoms with van der Waals surface area (Å²) < 4.78 is 3.85. The Morgan fingerprint density at radius 1 is 1.16 bits per heavy atom. The SMILES string of the molecule is CC(NC(=O)NC(Oc1ccccc1)C(Cl)(Cl)Cl)C1CC2CCC1C2. The average molecular weight is 406 g/mol. The Morgan fingerprint density at radius 3 is 2.44 bits per heavy atom. The van der Waals surface area contributed by atoms with Gasteiger partial charge in [-0.05, 0) is 56.1 Å². The molecule has 138 valence electrons. The Kier molecular flexibility index (Phi) is 5.92. The summed E-state index contributed by atoms with van der Waals surface area (Å²) in [4.78, 5) is 12.4. The van der Waals surface area contributed by atoms with Gasteiger partial charge in [-0.15, -0.1) is 0 Å². The molecule has 7 heteroatoms. The van der Waals surface area contributed by atoms with Crippen molar-refractivity contribution in [3.05, 3.63) is 30.3 Å². The lowest BCUT2D eigenvalue weighted by atomic mass is 9.84. The van der Waals surface area contributed by atoms with Gasteiger partial charge in [0.2, 0.25) is 10.0 Å². The van der Waals surface area contributed by atoms with E-state index >= 15 is 0 Å². The van der Waals surface area contributed by atoms with E-state index in [0.29, 0.717) is 11.7 Å². The molecule has 2 aliphatic rings. The van der Waals surface area contributed by atoms with Crippen molar-refractivity contribution in [3.8, 4) is 5.75 Å². The number of fused-ring (bicyclic) bond motifs is 2. The maximum Gasteiger partial charge on any atom is 0.317 e. The summed E-state index contributed by atoms with van der Waals surface area (Å²) in [7, 11) is 0. The van der Waals surface area contributed by atoms with Gasteiger partial charge in [0.25, 0.3) is 0 Å². The summed E-state index contributed by atoms with van der Waals surface area (Å²) in [6.45, 7) is 2.05. The van der Waals surface area contributed by atoms with Crippen molar-refractivity contribution in [2.45, 2.75) is 48.7 Å². The molecule has 0 aliphatic heterocycles. The fraction of sp³-hybridized carbons (Fsp3) is 0.611. The van der Waals surface area contributed by atoms with Gasteiger partial charge in [0.1, 0.15) is 5.75 Å². The standard InChI is InChI=1S/C18H23Cl3N2O2/c1-11(15-10-12-7-8-13(15)9-12)22-17(24)23-16(18(19,20)21)25-14-5-3-2-4-6-14/h2-6,11-13,15-16H,7-10H2,1H3,(H2,22,23,24). The lowest BCUT2D eigenvalue weighted by Crippen LogP contribution is -2.54. The minimum Gasteiger partial charge on any atom is -0.466 e. The zero-order chi connectivity index (χ0) is 18.0. The van der Waals surface area contributed by atoms with E-state index in [4.69, 9.17) is 39.5 Å². The van der Waals surface area contributed by atoms with Gasteiger partial charge in [-0.1, -0.05) is 59.4 Å². The number of carbonyl (C=O) groups excluding carboxylic acids is 1. The second-order valence-electron chi connectivity index (χ2n) is 7.10. The smallest absolute Gasteiger partial charge is 0.317 e. The van der Waals surface area contributed by atoms with Crippen molar-refractivity contribution < 1.29 is 9.53 Å². The maximum atomic E-state index is 12.4. The van der Waals surface area contributed by atoms with Gasteiger partial charge >= 0.3 is 6.03 Å². The first kappa shape index (κ1) is 18.9. The van der Waals surface area contributed by atoms with Crippen LogP contribution in [0.4, 0.5) is 4.79 Å². The summed E-state index contributed by atoms with van der Waals surface area (Å²) in [5.74, 6) is 2.61. The Labute approximate surface area is 163 Å². The molecule has 0 spiro atoms. The third-order valence-corrected chi connectivity index (χ3v) is 5.94. The number of benzene rings is 1. The highest BCUT2D eigenvalue weighted by molar-refractivity contribution is 6.68. The summed E-state index contributed by atoms with van der Waals surface area (Å²) in [6.07, 6.45) is 4.01. The fourth-order valence-corrected chi connectivity index (χ4v) is 4.49. The third-order valence-electron chi connectivity index (χ3n) is 5.35. The van der Waals surface area contributed by atoms with Gasteiger partial charge < -0.3 is 10.1 Å². The van der Waals surface area contributed by atoms with E-state index in [0.717, 1.165) is 11.8 Å². The monoisotopic (exact) mass is 404 g/mol. The molecule has 1 aromatic rings. The van der Waals surface area contributed by atoms with Gasteiger partial charge in [-0.2, -0.15) is 0 Å². The van der Waals surface area contributed by atoms with Crippen LogP contribution in [0, 0.1) is 17.8 Å². The number of nitrogens with one attached hydrogen (secondary N) is 2. The molecule has 2 fully saturated rings. The first-order valence-corrected chi connectivity index (χ1v) is 9.82. The van der Waals surface area contributed by atoms with Crippen LogP contribution in [-0.4, -0.2) is 22.1 Å². The Morgan fingerprint density at radius 2 is 1.88 bits per heavy atom. The first-order valence-electron chi connectivity index (χ1n) is 8.68. The Bertz CT molecular complexity index is 594. The molecule has 2 aliphatic carbocycles. The molecule has 4 nitrogen and oxygen atoms in total. The molecule has 2 saturated carbocycles. The van der Waals surface area contributed by atoms with Crippen LogP contribution in [0.3, 0.4) is 0 Å². The minimum atomic E-state index is -1.79. The van der Waals surface area contributed by atoms with Crippen molar-refractivity contribution >= 4 is 40.8 Å². The molecule has 0 heterocycles. The summed E-state index contributed by atoms with van der Waals surface area (Å²) in [5.41, 5.74) is 0. The lowest BCUT2D eigenvalue weighted by molar-refractivity contribution is 0.160. The molecule has 2 bridgehead atoms. The molecule has 0 saturated heterocycles. The summed E-state index contributed by atoms with van der Waals surface area (Å²) >= 11 is 17.9. The molecule has 2 amide bonds. The molecule has 1 aromatic carbocycles. The number of amides is 2. The predicted octanol–water partition coefficient (Wildman–Crippen LogP) is 4.89. The second-order valence-corrected chi connectivity index (χ2v) is 9.47. The number of hydrogen-bond donors (Lipinski definition) is 2. The van der Waals surface area contributed by atoms with Crippen molar-refractivity contribution in [3.63, 3.8) is 0 Å². The van der Waals surface area contributed by atoms with Crippen LogP contribution >= 0.6 is 34.8 Å². The first-order chi connectivity index (χ1) is 11.8. The molecule has 0 aromatic heterocycles. The minimum absolute atomic E-state index is 0.0862. The highest BCUT2D eigenvalue weighted by Gasteiger charge is 2.42. The Balaban J connectivity index is 1.56. The number of rotatable bonds is 5. The number of carbonyl (C=O) groups is 1. The average Bonchev–Trinajstić information content (AvgIpc) is 3.17. The van der Waals surface area contributed by atoms with Crippen LogP contribution in [-0.2, 0) is 0 Å². The van der Waals surface area contributed by atoms with Gasteiger partial charge in [-0.3, -0.25) is 5.32 Å². The van der Waals surface area contributed by atoms with Crippen molar-refractivity contribution in [2.24, 2.45) is 17.8 Å². The number of ether oxygens (including phenoxy) is 1. The van der Waals surface area contributed by atoms with Crippen LogP contribution in [0.1, 0.15) is 32.6 Å². The topological polar surface area (TPSA) is 50.4 Å². The normalized spacial score (nSPS) is 27.6. The van der Waals surface area contributed by atoms with E-state index in [2.05, 4.69) is 10.6 Å². The van der Waals surface area contributed by atoms with E-state index in [-0.39, 0.29) is 12.1 Å². The molecule has 5 atom stereocenters. The van der Waals surface area contributed by atoms with Crippen LogP contribution in [0.5, 0.6) is 5.75 Å². The van der Waals surface area contributed by atoms with Crippen LogP contribution in [0.25, 0.3) is 0 Å². The van der Waals surface area contributed by atoms with Crippen LogP contribution in [0.2, 0.25) is 0 Å². The van der Waals surface area contributed by atoms with E-state index in [1.54, 1.807) is 12.1 Å². The zero-order valence-electron chi connectivity index (χ0n) is 14.1. The van der Waals surface area contributed by atoms with E-state index < -0.39 is 10.0 Å². The van der Waals surface area contributed by atoms with Crippen molar-refractivity contribution in [1.82, 2.24) is 10.6 Å². The van der Waals surface area contributed by atoms with Crippen molar-refractivity contribution in [1.29, 1.82) is 0 Å². The third kappa shape index (κ3) is 4.87. The quantitative estimate of drug-likeness (QED) is 0.541. The summed E-state index contributed by atoms with van der Waals surface area (Å²) in [6, 6.07) is 8.64. The van der Waals surface area contributed by atoms with Gasteiger partial charge in [-0.25, -0.2) is 4.79 Å². The molecular weight excluding hydrogens is 383 g/mol. The van der Waals surface area contributed by atoms with Gasteiger partial charge in [0.05, 0.1) is 0 Å². The maximum absolute atomic E-state index is 12.4. The predicted molar refractivity (Wildman–Crippen MR) is 101 cm³/mol. The van der Waals surface area contributed by atoms with Crippen LogP contribution < -0.4 is 15.4 Å². The molecule has 2 N–H and O–H groups in total. The van der Waals surface area contributed by atoms with E-state index in [9.17, 15) is 4.79 Å². The highest BCUT2D eigenvalue weighted by Crippen LogP contribution is 2.49. The second kappa shape index (κ2) is 7.81. The van der Waals surface area contributed by atoms with Crippen LogP contribution in [0.15, 0.2) is 30.3 Å². The van der Waals surface area contributed by atoms with Gasteiger partial charge in [0, 0.05) is 6.04 Å². The molecule has 5 unspecified atom stereocenters. The zero-order valence-corrected chi connectivity index (χ0v) is 16.3. The lowest BCUT2D eigenvalue weighted by Gasteiger charge is -2.30. The number of halogens is 3. The largest absolute Gasteiger partial charge is 0.466 e. The number of hydrogen-bond acceptors (Lipinski definition) is 2. The number of para-hydroxylation sites is 1. The molecule has 3 rings (SSSR count).